The number of carboxylic acid groups (broad SMARTS) is 1. The summed E-state index contributed by atoms with van der Waals surface area (Å²) in [6.45, 7) is 5.83. The van der Waals surface area contributed by atoms with Gasteiger partial charge in [0.2, 0.25) is 5.91 Å². The van der Waals surface area contributed by atoms with Gasteiger partial charge in [0.25, 0.3) is 0 Å². The molecule has 8 heteroatoms. The Morgan fingerprint density at radius 1 is 0.952 bits per heavy atom. The van der Waals surface area contributed by atoms with E-state index in [1.807, 2.05) is 0 Å². The predicted molar refractivity (Wildman–Crippen MR) is 74.1 cm³/mol. The van der Waals surface area contributed by atoms with Crippen molar-refractivity contribution in [3.63, 3.8) is 0 Å². The van der Waals surface area contributed by atoms with Crippen LogP contribution in [0.2, 0.25) is 0 Å². The van der Waals surface area contributed by atoms with Gasteiger partial charge in [0.1, 0.15) is 13.2 Å². The summed E-state index contributed by atoms with van der Waals surface area (Å²) in [5, 5.41) is 10.8. The molecule has 0 spiro atoms. The zero-order chi connectivity index (χ0) is 15.8. The Kier molecular flexibility index (Phi) is 13.9. The Hall–Kier alpha value is -1.48. The lowest BCUT2D eigenvalue weighted by Gasteiger charge is -2.07. The molecule has 21 heavy (non-hydrogen) atoms. The molecule has 122 valence electrons. The van der Waals surface area contributed by atoms with Gasteiger partial charge in [0.15, 0.2) is 0 Å². The lowest BCUT2D eigenvalue weighted by molar-refractivity contribution is -0.143. The van der Waals surface area contributed by atoms with E-state index in [1.165, 1.54) is 0 Å². The Bertz CT molecular complexity index is 296. The summed E-state index contributed by atoms with van der Waals surface area (Å²) in [7, 11) is 0. The third kappa shape index (κ3) is 16.5. The first kappa shape index (κ1) is 19.5. The molecule has 0 aromatic rings. The van der Waals surface area contributed by atoms with Crippen molar-refractivity contribution in [3.05, 3.63) is 12.7 Å². The van der Waals surface area contributed by atoms with Crippen LogP contribution < -0.4 is 5.32 Å². The van der Waals surface area contributed by atoms with Crippen LogP contribution in [0.5, 0.6) is 0 Å². The average molecular weight is 305 g/mol. The molecule has 0 bridgehead atoms. The average Bonchev–Trinajstić information content (AvgIpc) is 2.44. The first-order valence-corrected chi connectivity index (χ1v) is 6.57. The van der Waals surface area contributed by atoms with Gasteiger partial charge in [0.05, 0.1) is 39.6 Å². The molecule has 0 radical (unpaired) electrons. The number of carbonyl (C=O) groups excluding carboxylic acids is 1. The number of aliphatic carboxylic acids is 1. The van der Waals surface area contributed by atoms with Crippen molar-refractivity contribution in [1.29, 1.82) is 0 Å². The molecule has 0 saturated carbocycles. The molecule has 0 rings (SSSR count). The van der Waals surface area contributed by atoms with Gasteiger partial charge in [-0.3, -0.25) is 4.79 Å². The smallest absolute Gasteiger partial charge is 0.329 e. The highest BCUT2D eigenvalue weighted by atomic mass is 16.5. The predicted octanol–water partition coefficient (Wildman–Crippen LogP) is -0.560. The van der Waals surface area contributed by atoms with E-state index in [1.54, 1.807) is 6.08 Å². The number of carbonyl (C=O) groups is 2. The Balaban J connectivity index is 3.15. The van der Waals surface area contributed by atoms with Gasteiger partial charge in [0, 0.05) is 6.54 Å². The van der Waals surface area contributed by atoms with Crippen LogP contribution in [0.15, 0.2) is 12.7 Å². The van der Waals surface area contributed by atoms with Crippen LogP contribution in [-0.4, -0.2) is 76.4 Å². The molecule has 0 aliphatic rings. The highest BCUT2D eigenvalue weighted by molar-refractivity contribution is 5.77. The number of ether oxygens (including phenoxy) is 4. The van der Waals surface area contributed by atoms with Crippen LogP contribution in [-0.2, 0) is 28.5 Å². The van der Waals surface area contributed by atoms with E-state index in [0.717, 1.165) is 0 Å². The first-order valence-electron chi connectivity index (χ1n) is 6.57. The van der Waals surface area contributed by atoms with E-state index in [4.69, 9.17) is 19.3 Å². The van der Waals surface area contributed by atoms with Gasteiger partial charge >= 0.3 is 5.97 Å². The van der Waals surface area contributed by atoms with Crippen LogP contribution in [0.25, 0.3) is 0 Å². The third-order valence-corrected chi connectivity index (χ3v) is 2.01. The van der Waals surface area contributed by atoms with Crippen molar-refractivity contribution in [2.75, 3.05) is 59.4 Å². The zero-order valence-corrected chi connectivity index (χ0v) is 12.0. The standard InChI is InChI=1S/C13H23NO7/c1-2-4-18-6-8-20-9-7-19-5-3-14-12(15)10-21-11-13(16)17/h2H,1,3-11H2,(H,14,15)(H,16,17). The summed E-state index contributed by atoms with van der Waals surface area (Å²) in [6.07, 6.45) is 1.67. The van der Waals surface area contributed by atoms with Gasteiger partial charge < -0.3 is 29.4 Å². The van der Waals surface area contributed by atoms with E-state index in [0.29, 0.717) is 46.2 Å². The Morgan fingerprint density at radius 2 is 1.57 bits per heavy atom. The van der Waals surface area contributed by atoms with Crippen LogP contribution in [0.4, 0.5) is 0 Å². The fourth-order valence-electron chi connectivity index (χ4n) is 1.15. The third-order valence-electron chi connectivity index (χ3n) is 2.01. The summed E-state index contributed by atoms with van der Waals surface area (Å²) >= 11 is 0. The summed E-state index contributed by atoms with van der Waals surface area (Å²) in [4.78, 5) is 21.3. The molecule has 8 nitrogen and oxygen atoms in total. The van der Waals surface area contributed by atoms with Gasteiger partial charge in [-0.2, -0.15) is 0 Å². The van der Waals surface area contributed by atoms with Gasteiger partial charge in [-0.25, -0.2) is 4.79 Å². The Labute approximate surface area is 124 Å². The van der Waals surface area contributed by atoms with E-state index < -0.39 is 12.6 Å². The molecule has 0 aromatic carbocycles. The highest BCUT2D eigenvalue weighted by Crippen LogP contribution is 1.82. The molecular formula is C13H23NO7. The Morgan fingerprint density at radius 3 is 2.19 bits per heavy atom. The fraction of sp³-hybridized carbons (Fsp3) is 0.692. The molecule has 2 N–H and O–H groups in total. The van der Waals surface area contributed by atoms with Crippen molar-refractivity contribution in [2.24, 2.45) is 0 Å². The number of rotatable bonds is 15. The van der Waals surface area contributed by atoms with Crippen molar-refractivity contribution < 1.29 is 33.6 Å². The SMILES string of the molecule is C=CCOCCOCCOCCNC(=O)COCC(=O)O. The van der Waals surface area contributed by atoms with Crippen molar-refractivity contribution in [3.8, 4) is 0 Å². The second-order valence-corrected chi connectivity index (χ2v) is 3.82. The summed E-state index contributed by atoms with van der Waals surface area (Å²) in [5.74, 6) is -1.49. The minimum Gasteiger partial charge on any atom is -0.480 e. The van der Waals surface area contributed by atoms with Crippen molar-refractivity contribution >= 4 is 11.9 Å². The molecule has 0 heterocycles. The second-order valence-electron chi connectivity index (χ2n) is 3.82. The highest BCUT2D eigenvalue weighted by Gasteiger charge is 2.02. The quantitative estimate of drug-likeness (QED) is 0.309. The molecule has 0 aliphatic heterocycles. The zero-order valence-electron chi connectivity index (χ0n) is 12.0. The summed E-state index contributed by atoms with van der Waals surface area (Å²) < 4.78 is 20.2. The lowest BCUT2D eigenvalue weighted by Crippen LogP contribution is -2.31. The molecule has 0 fully saturated rings. The number of nitrogens with one attached hydrogen (secondary N) is 1. The van der Waals surface area contributed by atoms with E-state index in [-0.39, 0.29) is 12.5 Å². The number of hydrogen-bond donors (Lipinski definition) is 2. The minimum absolute atomic E-state index is 0.278. The number of carboxylic acids is 1. The van der Waals surface area contributed by atoms with Gasteiger partial charge in [-0.15, -0.1) is 6.58 Å². The van der Waals surface area contributed by atoms with Crippen molar-refractivity contribution in [2.45, 2.75) is 0 Å². The van der Waals surface area contributed by atoms with Crippen LogP contribution in [0.1, 0.15) is 0 Å². The second kappa shape index (κ2) is 14.9. The maximum Gasteiger partial charge on any atom is 0.329 e. The molecule has 0 atom stereocenters. The summed E-state index contributed by atoms with van der Waals surface area (Å²) in [5.41, 5.74) is 0. The normalized spacial score (nSPS) is 10.3. The topological polar surface area (TPSA) is 103 Å². The fourth-order valence-corrected chi connectivity index (χ4v) is 1.15. The maximum atomic E-state index is 11.2. The first-order chi connectivity index (χ1) is 10.2. The maximum absolute atomic E-state index is 11.2. The van der Waals surface area contributed by atoms with E-state index in [2.05, 4.69) is 16.6 Å². The molecule has 0 aromatic heterocycles. The van der Waals surface area contributed by atoms with Crippen molar-refractivity contribution in [1.82, 2.24) is 5.32 Å². The van der Waals surface area contributed by atoms with E-state index in [9.17, 15) is 9.59 Å². The van der Waals surface area contributed by atoms with Crippen LogP contribution in [0, 0.1) is 0 Å². The molecule has 0 unspecified atom stereocenters. The lowest BCUT2D eigenvalue weighted by atomic mass is 10.6. The van der Waals surface area contributed by atoms with E-state index >= 15 is 0 Å². The summed E-state index contributed by atoms with van der Waals surface area (Å²) in [6, 6.07) is 0. The monoisotopic (exact) mass is 305 g/mol. The van der Waals surface area contributed by atoms with Gasteiger partial charge in [-0.1, -0.05) is 6.08 Å². The molecule has 1 amide bonds. The number of hydrogen-bond acceptors (Lipinski definition) is 6. The minimum atomic E-state index is -1.11. The van der Waals surface area contributed by atoms with Gasteiger partial charge in [-0.05, 0) is 0 Å². The number of amides is 1. The molecular weight excluding hydrogens is 282 g/mol. The van der Waals surface area contributed by atoms with Crippen LogP contribution in [0.3, 0.4) is 0 Å². The molecule has 0 aliphatic carbocycles. The largest absolute Gasteiger partial charge is 0.480 e. The molecule has 0 saturated heterocycles. The van der Waals surface area contributed by atoms with Crippen LogP contribution >= 0.6 is 0 Å².